The van der Waals surface area contributed by atoms with Crippen molar-refractivity contribution in [2.75, 3.05) is 4.90 Å². The van der Waals surface area contributed by atoms with Crippen molar-refractivity contribution in [3.05, 3.63) is 42.1 Å². The number of pyridine rings is 1. The average molecular weight is 389 g/mol. The maximum atomic E-state index is 13.4. The van der Waals surface area contributed by atoms with Crippen LogP contribution in [0.2, 0.25) is 0 Å². The molecule has 29 heavy (non-hydrogen) atoms. The Labute approximate surface area is 169 Å². The second-order valence-corrected chi connectivity index (χ2v) is 9.13. The number of aromatic nitrogens is 1. The summed E-state index contributed by atoms with van der Waals surface area (Å²) >= 11 is 0. The summed E-state index contributed by atoms with van der Waals surface area (Å²) in [5, 5.41) is 0.966. The fourth-order valence-electron chi connectivity index (χ4n) is 5.30. The number of anilines is 1. The van der Waals surface area contributed by atoms with Gasteiger partial charge in [-0.1, -0.05) is 30.4 Å². The minimum Gasteiger partial charge on any atom is -0.351 e. The SMILES string of the molecule is CC(=O)[C@H]1[C@@H]2C(=O)N(C(C)(C)C)C(=O)[C@@H]2[C@H]2C=Cc3ccc4cccnc4c3N21. The number of rotatable bonds is 1. The van der Waals surface area contributed by atoms with Gasteiger partial charge in [0.2, 0.25) is 11.8 Å². The Kier molecular flexibility index (Phi) is 3.58. The lowest BCUT2D eigenvalue weighted by Gasteiger charge is -2.38. The van der Waals surface area contributed by atoms with Crippen LogP contribution in [0.5, 0.6) is 0 Å². The van der Waals surface area contributed by atoms with Crippen molar-refractivity contribution in [1.82, 2.24) is 9.88 Å². The third kappa shape index (κ3) is 2.29. The van der Waals surface area contributed by atoms with E-state index in [-0.39, 0.29) is 23.6 Å². The van der Waals surface area contributed by atoms with E-state index < -0.39 is 23.4 Å². The van der Waals surface area contributed by atoms with Gasteiger partial charge in [0.1, 0.15) is 6.04 Å². The quantitative estimate of drug-likeness (QED) is 0.702. The van der Waals surface area contributed by atoms with Gasteiger partial charge >= 0.3 is 0 Å². The fraction of sp³-hybridized carbons (Fsp3) is 0.391. The molecule has 0 aliphatic carbocycles. The summed E-state index contributed by atoms with van der Waals surface area (Å²) in [5.41, 5.74) is 1.97. The molecule has 5 rings (SSSR count). The molecule has 6 nitrogen and oxygen atoms in total. The summed E-state index contributed by atoms with van der Waals surface area (Å²) in [6, 6.07) is 6.85. The Hall–Kier alpha value is -3.02. The molecule has 4 heterocycles. The van der Waals surface area contributed by atoms with Crippen LogP contribution in [0.4, 0.5) is 5.69 Å². The van der Waals surface area contributed by atoms with Crippen LogP contribution >= 0.6 is 0 Å². The first kappa shape index (κ1) is 18.0. The molecule has 0 saturated carbocycles. The van der Waals surface area contributed by atoms with E-state index in [2.05, 4.69) is 4.98 Å². The number of Topliss-reactive ketones (excluding diaryl/α,β-unsaturated/α-hetero) is 1. The summed E-state index contributed by atoms with van der Waals surface area (Å²) < 4.78 is 0. The summed E-state index contributed by atoms with van der Waals surface area (Å²) in [5.74, 6) is -1.76. The van der Waals surface area contributed by atoms with Crippen molar-refractivity contribution in [3.8, 4) is 0 Å². The molecule has 2 saturated heterocycles. The number of carbonyl (C=O) groups is 3. The number of likely N-dealkylation sites (tertiary alicyclic amines) is 1. The minimum atomic E-state index is -0.676. The molecule has 0 bridgehead atoms. The predicted octanol–water partition coefficient (Wildman–Crippen LogP) is 2.81. The zero-order chi connectivity index (χ0) is 20.7. The summed E-state index contributed by atoms with van der Waals surface area (Å²) in [7, 11) is 0. The van der Waals surface area contributed by atoms with E-state index in [0.29, 0.717) is 0 Å². The van der Waals surface area contributed by atoms with Crippen molar-refractivity contribution >= 4 is 40.3 Å². The molecule has 0 N–H and O–H groups in total. The van der Waals surface area contributed by atoms with E-state index in [4.69, 9.17) is 0 Å². The number of hydrogen-bond acceptors (Lipinski definition) is 5. The number of ketones is 1. The first-order valence-electron chi connectivity index (χ1n) is 9.94. The molecule has 2 amide bonds. The number of carbonyl (C=O) groups excluding carboxylic acids is 3. The zero-order valence-corrected chi connectivity index (χ0v) is 16.9. The van der Waals surface area contributed by atoms with Crippen LogP contribution < -0.4 is 4.90 Å². The first-order valence-corrected chi connectivity index (χ1v) is 9.94. The van der Waals surface area contributed by atoms with Crippen molar-refractivity contribution in [3.63, 3.8) is 0 Å². The van der Waals surface area contributed by atoms with Crippen LogP contribution in [-0.2, 0) is 14.4 Å². The maximum absolute atomic E-state index is 13.4. The van der Waals surface area contributed by atoms with E-state index in [9.17, 15) is 14.4 Å². The second-order valence-electron chi connectivity index (χ2n) is 9.13. The molecule has 0 radical (unpaired) electrons. The van der Waals surface area contributed by atoms with Gasteiger partial charge in [0.15, 0.2) is 5.78 Å². The summed E-state index contributed by atoms with van der Waals surface area (Å²) in [6.45, 7) is 7.08. The standard InChI is InChI=1S/C23H23N3O3/c1-12(27)19-17-16(21(28)26(22(17)29)23(2,3)4)15-10-9-14-8-7-13-6-5-11-24-18(13)20(14)25(15)19/h5-11,15-17,19H,1-4H3/t15-,16-,17-,19+/m1/s1. The van der Waals surface area contributed by atoms with Gasteiger partial charge in [-0.2, -0.15) is 0 Å². The average Bonchev–Trinajstić information content (AvgIpc) is 3.14. The van der Waals surface area contributed by atoms with Crippen molar-refractivity contribution in [2.45, 2.75) is 45.3 Å². The highest BCUT2D eigenvalue weighted by molar-refractivity contribution is 6.12. The highest BCUT2D eigenvalue weighted by Gasteiger charge is 2.64. The molecule has 148 valence electrons. The maximum Gasteiger partial charge on any atom is 0.236 e. The highest BCUT2D eigenvalue weighted by atomic mass is 16.2. The Balaban J connectivity index is 1.73. The van der Waals surface area contributed by atoms with E-state index in [1.165, 1.54) is 11.8 Å². The Bertz CT molecular complexity index is 1110. The smallest absolute Gasteiger partial charge is 0.236 e. The molecule has 6 heteroatoms. The number of benzene rings is 1. The van der Waals surface area contributed by atoms with Crippen LogP contribution in [0.15, 0.2) is 36.5 Å². The zero-order valence-electron chi connectivity index (χ0n) is 16.9. The number of hydrogen-bond donors (Lipinski definition) is 0. The van der Waals surface area contributed by atoms with Crippen molar-refractivity contribution in [2.24, 2.45) is 11.8 Å². The highest BCUT2D eigenvalue weighted by Crippen LogP contribution is 2.50. The molecule has 1 aromatic heterocycles. The van der Waals surface area contributed by atoms with Gasteiger partial charge in [0, 0.05) is 17.1 Å². The molecule has 0 spiro atoms. The van der Waals surface area contributed by atoms with Gasteiger partial charge in [0.25, 0.3) is 0 Å². The molecule has 3 aliphatic heterocycles. The number of fused-ring (bicyclic) bond motifs is 7. The Morgan fingerprint density at radius 1 is 1.07 bits per heavy atom. The number of imide groups is 1. The predicted molar refractivity (Wildman–Crippen MR) is 110 cm³/mol. The van der Waals surface area contributed by atoms with Crippen LogP contribution in [-0.4, -0.2) is 45.1 Å². The van der Waals surface area contributed by atoms with E-state index in [0.717, 1.165) is 22.2 Å². The summed E-state index contributed by atoms with van der Waals surface area (Å²) in [4.78, 5) is 47.5. The largest absolute Gasteiger partial charge is 0.351 e. The van der Waals surface area contributed by atoms with Gasteiger partial charge < -0.3 is 4.90 Å². The second kappa shape index (κ2) is 5.75. The van der Waals surface area contributed by atoms with Gasteiger partial charge in [0.05, 0.1) is 29.1 Å². The van der Waals surface area contributed by atoms with Crippen molar-refractivity contribution < 1.29 is 14.4 Å². The first-order chi connectivity index (χ1) is 13.7. The van der Waals surface area contributed by atoms with Gasteiger partial charge in [-0.3, -0.25) is 24.3 Å². The molecule has 0 unspecified atom stereocenters. The lowest BCUT2D eigenvalue weighted by atomic mass is 9.88. The number of nitrogens with zero attached hydrogens (tertiary/aromatic N) is 3. The van der Waals surface area contributed by atoms with E-state index in [1.54, 1.807) is 6.20 Å². The molecule has 3 aliphatic rings. The minimum absolute atomic E-state index is 0.103. The third-order valence-corrected chi connectivity index (χ3v) is 6.32. The normalized spacial score (nSPS) is 28.0. The Morgan fingerprint density at radius 3 is 2.48 bits per heavy atom. The molecule has 4 atom stereocenters. The van der Waals surface area contributed by atoms with Gasteiger partial charge in [-0.05, 0) is 39.3 Å². The van der Waals surface area contributed by atoms with E-state index in [1.807, 2.05) is 62.1 Å². The van der Waals surface area contributed by atoms with Crippen LogP contribution in [0, 0.1) is 11.8 Å². The van der Waals surface area contributed by atoms with Crippen LogP contribution in [0.3, 0.4) is 0 Å². The lowest BCUT2D eigenvalue weighted by Crippen LogP contribution is -2.52. The van der Waals surface area contributed by atoms with Crippen molar-refractivity contribution in [1.29, 1.82) is 0 Å². The number of amides is 2. The fourth-order valence-corrected chi connectivity index (χ4v) is 5.30. The van der Waals surface area contributed by atoms with Crippen LogP contribution in [0.1, 0.15) is 33.3 Å². The molecule has 2 aromatic rings. The third-order valence-electron chi connectivity index (χ3n) is 6.32. The monoisotopic (exact) mass is 389 g/mol. The van der Waals surface area contributed by atoms with Gasteiger partial charge in [-0.25, -0.2) is 0 Å². The topological polar surface area (TPSA) is 70.6 Å². The molecule has 1 aromatic carbocycles. The van der Waals surface area contributed by atoms with Gasteiger partial charge in [-0.15, -0.1) is 0 Å². The molecular weight excluding hydrogens is 366 g/mol. The Morgan fingerprint density at radius 2 is 1.79 bits per heavy atom. The lowest BCUT2D eigenvalue weighted by molar-refractivity contribution is -0.146. The van der Waals surface area contributed by atoms with E-state index >= 15 is 0 Å². The summed E-state index contributed by atoms with van der Waals surface area (Å²) in [6.07, 6.45) is 5.68. The van der Waals surface area contributed by atoms with Crippen LogP contribution in [0.25, 0.3) is 17.0 Å². The molecular formula is C23H23N3O3. The molecule has 2 fully saturated rings.